The molecule has 0 spiro atoms. The summed E-state index contributed by atoms with van der Waals surface area (Å²) in [6.07, 6.45) is 2.10. The van der Waals surface area contributed by atoms with E-state index in [1.807, 2.05) is 0 Å². The van der Waals surface area contributed by atoms with Crippen LogP contribution in [0.5, 0.6) is 0 Å². The summed E-state index contributed by atoms with van der Waals surface area (Å²) in [6, 6.07) is 8.40. The molecule has 0 aromatic heterocycles. The lowest BCUT2D eigenvalue weighted by Crippen LogP contribution is -2.03. The molecule has 0 aliphatic rings. The number of thioether (sulfide) groups is 1. The highest BCUT2D eigenvalue weighted by atomic mass is 32.2. The molecule has 0 radical (unpaired) electrons. The van der Waals surface area contributed by atoms with E-state index in [1.54, 1.807) is 11.8 Å². The molecule has 0 atom stereocenters. The summed E-state index contributed by atoms with van der Waals surface area (Å²) in [5, 5.41) is 0. The monoisotopic (exact) mass is 136 g/mol. The van der Waals surface area contributed by atoms with E-state index >= 15 is 0 Å². The zero-order chi connectivity index (χ0) is 6.69. The maximum Gasteiger partial charge on any atom is 0.140 e. The molecule has 0 aliphatic carbocycles. The average Bonchev–Trinajstić information content (AvgIpc) is 1.89. The van der Waals surface area contributed by atoms with Gasteiger partial charge in [0.15, 0.2) is 0 Å². The van der Waals surface area contributed by atoms with Crippen LogP contribution in [0.3, 0.4) is 0 Å². The highest BCUT2D eigenvalue weighted by Crippen LogP contribution is 2.08. The van der Waals surface area contributed by atoms with Crippen molar-refractivity contribution in [1.29, 1.82) is 0 Å². The van der Waals surface area contributed by atoms with Crippen molar-refractivity contribution in [2.75, 3.05) is 6.26 Å². The zero-order valence-corrected chi connectivity index (χ0v) is 6.53. The molecule has 0 nitrogen and oxygen atoms in total. The molecule has 2 heteroatoms. The number of rotatable bonds is 1. The van der Waals surface area contributed by atoms with E-state index in [2.05, 4.69) is 38.4 Å². The van der Waals surface area contributed by atoms with Crippen LogP contribution in [0.1, 0.15) is 0 Å². The van der Waals surface area contributed by atoms with Crippen LogP contribution in [0, 0.1) is 0 Å². The minimum absolute atomic E-state index is 1.37. The van der Waals surface area contributed by atoms with E-state index in [-0.39, 0.29) is 0 Å². The summed E-state index contributed by atoms with van der Waals surface area (Å²) < 4.78 is 0. The first-order valence-electron chi connectivity index (χ1n) is 2.94. The molecular weight excluding hydrogens is 127 g/mol. The quantitative estimate of drug-likeness (QED) is 0.403. The van der Waals surface area contributed by atoms with Crippen LogP contribution in [-0.2, 0) is 0 Å². The van der Waals surface area contributed by atoms with Gasteiger partial charge in [-0.2, -0.15) is 0 Å². The van der Waals surface area contributed by atoms with Gasteiger partial charge >= 0.3 is 0 Å². The molecule has 0 fully saturated rings. The molecule has 0 amide bonds. The lowest BCUT2D eigenvalue weighted by atomic mass is 9.97. The number of hydrogen-bond donors (Lipinski definition) is 0. The van der Waals surface area contributed by atoms with E-state index in [0.29, 0.717) is 0 Å². The Hall–Kier alpha value is -0.365. The third-order valence-electron chi connectivity index (χ3n) is 1.31. The summed E-state index contributed by atoms with van der Waals surface area (Å²) in [5.74, 6) is 0. The van der Waals surface area contributed by atoms with Crippen molar-refractivity contribution in [2.45, 2.75) is 4.90 Å². The maximum atomic E-state index is 2.14. The van der Waals surface area contributed by atoms with Crippen LogP contribution in [-0.4, -0.2) is 14.1 Å². The topological polar surface area (TPSA) is 0 Å². The fourth-order valence-corrected chi connectivity index (χ4v) is 1.39. The van der Waals surface area contributed by atoms with E-state index in [9.17, 15) is 0 Å². The van der Waals surface area contributed by atoms with Gasteiger partial charge in [-0.3, -0.25) is 0 Å². The first kappa shape index (κ1) is 6.75. The van der Waals surface area contributed by atoms with Crippen molar-refractivity contribution in [3.63, 3.8) is 0 Å². The minimum Gasteiger partial charge on any atom is -0.130 e. The minimum atomic E-state index is 1.37. The highest BCUT2D eigenvalue weighted by Gasteiger charge is 1.90. The van der Waals surface area contributed by atoms with Gasteiger partial charge in [0.2, 0.25) is 0 Å². The molecule has 46 valence electrons. The first-order valence-corrected chi connectivity index (χ1v) is 4.16. The Morgan fingerprint density at radius 2 is 2.00 bits per heavy atom. The van der Waals surface area contributed by atoms with Crippen LogP contribution >= 0.6 is 11.8 Å². The van der Waals surface area contributed by atoms with Crippen LogP contribution in [0.4, 0.5) is 0 Å². The van der Waals surface area contributed by atoms with Crippen molar-refractivity contribution < 1.29 is 0 Å². The predicted molar refractivity (Wildman–Crippen MR) is 46.4 cm³/mol. The summed E-state index contributed by atoms with van der Waals surface area (Å²) >= 11 is 1.80. The van der Waals surface area contributed by atoms with Crippen molar-refractivity contribution in [3.8, 4) is 0 Å². The molecule has 0 heterocycles. The predicted octanol–water partition coefficient (Wildman–Crippen LogP) is 0.667. The van der Waals surface area contributed by atoms with Crippen LogP contribution < -0.4 is 5.46 Å². The SMILES string of the molecule is Bc1ccccc1SC. The molecule has 1 aromatic carbocycles. The molecule has 0 aliphatic heterocycles. The smallest absolute Gasteiger partial charge is 0.130 e. The second-order valence-electron chi connectivity index (χ2n) is 1.97. The van der Waals surface area contributed by atoms with Crippen molar-refractivity contribution in [2.24, 2.45) is 0 Å². The Labute approximate surface area is 61.1 Å². The third-order valence-corrected chi connectivity index (χ3v) is 2.21. The van der Waals surface area contributed by atoms with E-state index < -0.39 is 0 Å². The molecular formula is C7H9BS. The van der Waals surface area contributed by atoms with Gasteiger partial charge < -0.3 is 0 Å². The molecule has 9 heavy (non-hydrogen) atoms. The second-order valence-corrected chi connectivity index (χ2v) is 2.82. The van der Waals surface area contributed by atoms with Gasteiger partial charge in [0.1, 0.15) is 7.85 Å². The number of benzene rings is 1. The standard InChI is InChI=1S/C7H9BS/c1-9-7-5-3-2-4-6(7)8/h2-5H,8H2,1H3. The van der Waals surface area contributed by atoms with Crippen molar-refractivity contribution in [3.05, 3.63) is 24.3 Å². The normalized spacial score (nSPS) is 9.44. The van der Waals surface area contributed by atoms with Crippen LogP contribution in [0.25, 0.3) is 0 Å². The van der Waals surface area contributed by atoms with E-state index in [1.165, 1.54) is 10.4 Å². The Balaban J connectivity index is 3.01. The maximum absolute atomic E-state index is 2.14. The van der Waals surface area contributed by atoms with E-state index in [0.717, 1.165) is 0 Å². The van der Waals surface area contributed by atoms with Gasteiger partial charge in [-0.1, -0.05) is 23.7 Å². The molecule has 1 rings (SSSR count). The fraction of sp³-hybridized carbons (Fsp3) is 0.143. The van der Waals surface area contributed by atoms with Gasteiger partial charge in [0.25, 0.3) is 0 Å². The van der Waals surface area contributed by atoms with Gasteiger partial charge in [0, 0.05) is 4.90 Å². The molecule has 0 bridgehead atoms. The molecule has 0 unspecified atom stereocenters. The molecule has 0 saturated heterocycles. The lowest BCUT2D eigenvalue weighted by Gasteiger charge is -1.98. The van der Waals surface area contributed by atoms with Gasteiger partial charge in [-0.15, -0.1) is 11.8 Å². The summed E-state index contributed by atoms with van der Waals surface area (Å²) in [6.45, 7) is 0. The Bertz CT molecular complexity index is 198. The number of hydrogen-bond acceptors (Lipinski definition) is 1. The third kappa shape index (κ3) is 1.52. The second kappa shape index (κ2) is 2.97. The summed E-state index contributed by atoms with van der Waals surface area (Å²) in [4.78, 5) is 1.37. The molecule has 0 saturated carbocycles. The Kier molecular flexibility index (Phi) is 2.23. The Morgan fingerprint density at radius 1 is 1.33 bits per heavy atom. The van der Waals surface area contributed by atoms with Gasteiger partial charge in [0.05, 0.1) is 0 Å². The largest absolute Gasteiger partial charge is 0.140 e. The molecule has 1 aromatic rings. The highest BCUT2D eigenvalue weighted by molar-refractivity contribution is 7.98. The summed E-state index contributed by atoms with van der Waals surface area (Å²) in [5.41, 5.74) is 1.37. The fourth-order valence-electron chi connectivity index (χ4n) is 0.785. The average molecular weight is 136 g/mol. The van der Waals surface area contributed by atoms with Gasteiger partial charge in [-0.05, 0) is 12.3 Å². The lowest BCUT2D eigenvalue weighted by molar-refractivity contribution is 1.53. The van der Waals surface area contributed by atoms with E-state index in [4.69, 9.17) is 0 Å². The van der Waals surface area contributed by atoms with Crippen LogP contribution in [0.15, 0.2) is 29.2 Å². The molecule has 0 N–H and O–H groups in total. The first-order chi connectivity index (χ1) is 4.34. The van der Waals surface area contributed by atoms with Crippen molar-refractivity contribution in [1.82, 2.24) is 0 Å². The summed E-state index contributed by atoms with van der Waals surface area (Å²) in [7, 11) is 2.13. The van der Waals surface area contributed by atoms with Crippen LogP contribution in [0.2, 0.25) is 0 Å². The Morgan fingerprint density at radius 3 is 2.44 bits per heavy atom. The van der Waals surface area contributed by atoms with Gasteiger partial charge in [-0.25, -0.2) is 0 Å². The zero-order valence-electron chi connectivity index (χ0n) is 5.72. The van der Waals surface area contributed by atoms with Crippen molar-refractivity contribution >= 4 is 25.1 Å².